The quantitative estimate of drug-likeness (QED) is 0.652. The highest BCUT2D eigenvalue weighted by molar-refractivity contribution is 5.32. The lowest BCUT2D eigenvalue weighted by Crippen LogP contribution is -2.13. The number of rotatable bonds is 10. The van der Waals surface area contributed by atoms with Gasteiger partial charge in [-0.05, 0) is 19.9 Å². The molecule has 0 aromatic carbocycles. The third-order valence-corrected chi connectivity index (χ3v) is 3.15. The Morgan fingerprint density at radius 3 is 2.68 bits per heavy atom. The molecule has 0 aliphatic rings. The van der Waals surface area contributed by atoms with E-state index in [-0.39, 0.29) is 0 Å². The number of aromatic nitrogens is 1. The first-order valence-electron chi connectivity index (χ1n) is 7.57. The highest BCUT2D eigenvalue weighted by Crippen LogP contribution is 2.19. The molecule has 1 aromatic rings. The minimum Gasteiger partial charge on any atom is -0.493 e. The molecule has 0 saturated heterocycles. The molecule has 1 aromatic heterocycles. The molecule has 1 N–H and O–H groups in total. The summed E-state index contributed by atoms with van der Waals surface area (Å²) in [4.78, 5) is 4.34. The van der Waals surface area contributed by atoms with E-state index in [1.165, 1.54) is 25.7 Å². The molecule has 0 atom stereocenters. The van der Waals surface area contributed by atoms with Crippen LogP contribution in [0.1, 0.15) is 57.2 Å². The fraction of sp³-hybridized carbons (Fsp3) is 0.688. The van der Waals surface area contributed by atoms with Gasteiger partial charge in [0.05, 0.1) is 6.61 Å². The van der Waals surface area contributed by atoms with Crippen LogP contribution in [0.3, 0.4) is 0 Å². The maximum atomic E-state index is 5.92. The zero-order valence-corrected chi connectivity index (χ0v) is 12.7. The lowest BCUT2D eigenvalue weighted by atomic mass is 10.2. The molecule has 0 bridgehead atoms. The van der Waals surface area contributed by atoms with Crippen LogP contribution in [0.2, 0.25) is 0 Å². The van der Waals surface area contributed by atoms with Gasteiger partial charge in [0.15, 0.2) is 0 Å². The molecule has 0 saturated carbocycles. The first kappa shape index (κ1) is 16.0. The molecule has 108 valence electrons. The number of unbranched alkanes of at least 4 members (excludes halogenated alkanes) is 4. The Balaban J connectivity index is 2.39. The van der Waals surface area contributed by atoms with Crippen molar-refractivity contribution in [2.75, 3.05) is 13.2 Å². The Hall–Kier alpha value is -1.09. The average Bonchev–Trinajstić information content (AvgIpc) is 2.42. The van der Waals surface area contributed by atoms with E-state index in [2.05, 4.69) is 24.1 Å². The van der Waals surface area contributed by atoms with Crippen molar-refractivity contribution in [2.24, 2.45) is 0 Å². The van der Waals surface area contributed by atoms with Gasteiger partial charge in [-0.3, -0.25) is 4.98 Å². The number of nitrogens with one attached hydrogen (secondary N) is 1. The van der Waals surface area contributed by atoms with Crippen molar-refractivity contribution in [3.05, 3.63) is 23.5 Å². The number of aryl methyl sites for hydroxylation is 1. The van der Waals surface area contributed by atoms with Gasteiger partial charge < -0.3 is 10.1 Å². The maximum absolute atomic E-state index is 5.92. The Morgan fingerprint density at radius 1 is 1.16 bits per heavy atom. The van der Waals surface area contributed by atoms with Crippen molar-refractivity contribution in [1.29, 1.82) is 0 Å². The van der Waals surface area contributed by atoms with Gasteiger partial charge in [-0.25, -0.2) is 0 Å². The summed E-state index contributed by atoms with van der Waals surface area (Å²) >= 11 is 0. The lowest BCUT2D eigenvalue weighted by Gasteiger charge is -2.12. The summed E-state index contributed by atoms with van der Waals surface area (Å²) in [6, 6.07) is 2.04. The van der Waals surface area contributed by atoms with Crippen molar-refractivity contribution in [1.82, 2.24) is 10.3 Å². The Morgan fingerprint density at radius 2 is 1.95 bits per heavy atom. The third-order valence-electron chi connectivity index (χ3n) is 3.15. The molecule has 3 nitrogen and oxygen atoms in total. The monoisotopic (exact) mass is 264 g/mol. The van der Waals surface area contributed by atoms with E-state index in [0.717, 1.165) is 43.1 Å². The molecule has 0 aliphatic heterocycles. The number of ether oxygens (including phenoxy) is 1. The summed E-state index contributed by atoms with van der Waals surface area (Å²) in [5.41, 5.74) is 2.17. The number of hydrogen-bond acceptors (Lipinski definition) is 3. The smallest absolute Gasteiger partial charge is 0.127 e. The zero-order valence-electron chi connectivity index (χ0n) is 12.7. The maximum Gasteiger partial charge on any atom is 0.127 e. The normalized spacial score (nSPS) is 10.7. The SMILES string of the molecule is CCCCCCCOc1cc(C)ncc1CNCC. The largest absolute Gasteiger partial charge is 0.493 e. The molecule has 0 radical (unpaired) electrons. The van der Waals surface area contributed by atoms with Crippen LogP contribution in [-0.2, 0) is 6.54 Å². The van der Waals surface area contributed by atoms with Crippen LogP contribution in [0.4, 0.5) is 0 Å². The van der Waals surface area contributed by atoms with Gasteiger partial charge in [-0.2, -0.15) is 0 Å². The first-order chi connectivity index (χ1) is 9.27. The fourth-order valence-electron chi connectivity index (χ4n) is 1.98. The standard InChI is InChI=1S/C16H28N2O/c1-4-6-7-8-9-10-19-16-11-14(3)18-13-15(16)12-17-5-2/h11,13,17H,4-10,12H2,1-3H3. The summed E-state index contributed by atoms with van der Waals surface area (Å²) in [5.74, 6) is 0.990. The molecule has 19 heavy (non-hydrogen) atoms. The summed E-state index contributed by atoms with van der Waals surface area (Å²) in [7, 11) is 0. The lowest BCUT2D eigenvalue weighted by molar-refractivity contribution is 0.300. The van der Waals surface area contributed by atoms with Crippen LogP contribution in [0.25, 0.3) is 0 Å². The molecule has 0 amide bonds. The van der Waals surface area contributed by atoms with Crippen LogP contribution >= 0.6 is 0 Å². The molecule has 0 unspecified atom stereocenters. The average molecular weight is 264 g/mol. The molecule has 1 rings (SSSR count). The molecular formula is C16H28N2O. The Kier molecular flexibility index (Phi) is 8.23. The second kappa shape index (κ2) is 9.79. The molecule has 3 heteroatoms. The van der Waals surface area contributed by atoms with Gasteiger partial charge in [0.2, 0.25) is 0 Å². The van der Waals surface area contributed by atoms with E-state index < -0.39 is 0 Å². The summed E-state index contributed by atoms with van der Waals surface area (Å²) in [5, 5.41) is 3.32. The van der Waals surface area contributed by atoms with Crippen molar-refractivity contribution < 1.29 is 4.74 Å². The predicted octanol–water partition coefficient (Wildman–Crippen LogP) is 3.85. The van der Waals surface area contributed by atoms with Crippen LogP contribution < -0.4 is 10.1 Å². The molecule has 0 aliphatic carbocycles. The fourth-order valence-corrected chi connectivity index (χ4v) is 1.98. The van der Waals surface area contributed by atoms with Gasteiger partial charge >= 0.3 is 0 Å². The van der Waals surface area contributed by atoms with Crippen LogP contribution in [-0.4, -0.2) is 18.1 Å². The number of pyridine rings is 1. The van der Waals surface area contributed by atoms with E-state index in [9.17, 15) is 0 Å². The molecule has 1 heterocycles. The minimum absolute atomic E-state index is 0.812. The van der Waals surface area contributed by atoms with Gasteiger partial charge in [0.1, 0.15) is 5.75 Å². The van der Waals surface area contributed by atoms with Crippen molar-refractivity contribution in [2.45, 2.75) is 59.4 Å². The molecule has 0 fully saturated rings. The highest BCUT2D eigenvalue weighted by Gasteiger charge is 2.04. The van der Waals surface area contributed by atoms with Crippen molar-refractivity contribution in [3.63, 3.8) is 0 Å². The predicted molar refractivity (Wildman–Crippen MR) is 80.6 cm³/mol. The Labute approximate surface area is 117 Å². The summed E-state index contributed by atoms with van der Waals surface area (Å²) in [6.07, 6.45) is 8.27. The minimum atomic E-state index is 0.812. The summed E-state index contributed by atoms with van der Waals surface area (Å²) < 4.78 is 5.92. The van der Waals surface area contributed by atoms with E-state index in [1.54, 1.807) is 0 Å². The second-order valence-electron chi connectivity index (χ2n) is 4.98. The number of nitrogens with zero attached hydrogens (tertiary/aromatic N) is 1. The van der Waals surface area contributed by atoms with Gasteiger partial charge in [0.25, 0.3) is 0 Å². The Bertz CT molecular complexity index is 353. The third kappa shape index (κ3) is 6.58. The van der Waals surface area contributed by atoms with E-state index in [1.807, 2.05) is 19.2 Å². The van der Waals surface area contributed by atoms with Crippen molar-refractivity contribution >= 4 is 0 Å². The van der Waals surface area contributed by atoms with Crippen molar-refractivity contribution in [3.8, 4) is 5.75 Å². The summed E-state index contributed by atoms with van der Waals surface area (Å²) in [6.45, 7) is 8.95. The highest BCUT2D eigenvalue weighted by atomic mass is 16.5. The van der Waals surface area contributed by atoms with Crippen LogP contribution in [0, 0.1) is 6.92 Å². The first-order valence-corrected chi connectivity index (χ1v) is 7.57. The zero-order chi connectivity index (χ0) is 13.9. The van der Waals surface area contributed by atoms with E-state index >= 15 is 0 Å². The van der Waals surface area contributed by atoms with E-state index in [0.29, 0.717) is 0 Å². The topological polar surface area (TPSA) is 34.1 Å². The number of hydrogen-bond donors (Lipinski definition) is 1. The van der Waals surface area contributed by atoms with Gasteiger partial charge in [0, 0.05) is 30.1 Å². The van der Waals surface area contributed by atoms with Gasteiger partial charge in [-0.1, -0.05) is 39.5 Å². The molecular weight excluding hydrogens is 236 g/mol. The van der Waals surface area contributed by atoms with Crippen LogP contribution in [0.5, 0.6) is 5.75 Å². The van der Waals surface area contributed by atoms with Crippen LogP contribution in [0.15, 0.2) is 12.3 Å². The van der Waals surface area contributed by atoms with Gasteiger partial charge in [-0.15, -0.1) is 0 Å². The molecule has 0 spiro atoms. The van der Waals surface area contributed by atoms with E-state index in [4.69, 9.17) is 4.74 Å². The second-order valence-corrected chi connectivity index (χ2v) is 4.98.